The lowest BCUT2D eigenvalue weighted by atomic mass is 9.94. The minimum atomic E-state index is -0.369. The third-order valence-electron chi connectivity index (χ3n) is 5.66. The Kier molecular flexibility index (Phi) is 5.75. The summed E-state index contributed by atoms with van der Waals surface area (Å²) in [5.74, 6) is -0.369. The molecule has 1 aliphatic carbocycles. The standard InChI is InChI=1S/C26H27NO2/c1-3-4-5-6-10-20(27-29-18(2)28)17-19-15-16-25-23-12-8-7-11-22(23)24-14-9-13-21(19)26(24)25/h7-9,11-16H,3-6,10,17H2,1-2H3. The van der Waals surface area contributed by atoms with Crippen molar-refractivity contribution in [1.29, 1.82) is 0 Å². The molecular formula is C26H27NO2. The van der Waals surface area contributed by atoms with Crippen LogP contribution in [0, 0.1) is 0 Å². The average molecular weight is 386 g/mol. The second-order valence-electron chi connectivity index (χ2n) is 7.77. The highest BCUT2D eigenvalue weighted by atomic mass is 16.7. The summed E-state index contributed by atoms with van der Waals surface area (Å²) in [6.07, 6.45) is 6.23. The van der Waals surface area contributed by atoms with Gasteiger partial charge in [-0.05, 0) is 51.4 Å². The van der Waals surface area contributed by atoms with Gasteiger partial charge in [0.2, 0.25) is 0 Å². The largest absolute Gasteiger partial charge is 0.331 e. The molecule has 0 N–H and O–H groups in total. The van der Waals surface area contributed by atoms with Crippen LogP contribution in [0.2, 0.25) is 0 Å². The predicted octanol–water partition coefficient (Wildman–Crippen LogP) is 6.92. The van der Waals surface area contributed by atoms with Crippen molar-refractivity contribution >= 4 is 22.5 Å². The zero-order valence-corrected chi connectivity index (χ0v) is 17.2. The van der Waals surface area contributed by atoms with Gasteiger partial charge < -0.3 is 4.84 Å². The molecule has 0 unspecified atom stereocenters. The third kappa shape index (κ3) is 3.95. The minimum absolute atomic E-state index is 0.369. The lowest BCUT2D eigenvalue weighted by Crippen LogP contribution is -2.07. The van der Waals surface area contributed by atoms with Crippen molar-refractivity contribution in [2.45, 2.75) is 52.4 Å². The lowest BCUT2D eigenvalue weighted by molar-refractivity contribution is -0.140. The molecule has 0 fully saturated rings. The number of carbonyl (C=O) groups is 1. The van der Waals surface area contributed by atoms with Crippen LogP contribution in [0.1, 0.15) is 51.5 Å². The Labute approximate surface area is 172 Å². The summed E-state index contributed by atoms with van der Waals surface area (Å²) in [6, 6.07) is 19.6. The molecule has 0 amide bonds. The van der Waals surface area contributed by atoms with Crippen LogP contribution in [-0.4, -0.2) is 11.7 Å². The average Bonchev–Trinajstić information content (AvgIpc) is 3.06. The molecule has 3 aromatic rings. The summed E-state index contributed by atoms with van der Waals surface area (Å²) in [7, 11) is 0. The number of rotatable bonds is 8. The molecule has 29 heavy (non-hydrogen) atoms. The fourth-order valence-corrected chi connectivity index (χ4v) is 4.29. The molecule has 4 rings (SSSR count). The maximum atomic E-state index is 11.3. The maximum absolute atomic E-state index is 11.3. The number of fused-ring (bicyclic) bond motifs is 3. The van der Waals surface area contributed by atoms with Crippen LogP contribution in [-0.2, 0) is 16.1 Å². The number of carbonyl (C=O) groups excluding carboxylic acids is 1. The molecule has 0 spiro atoms. The Bertz CT molecular complexity index is 1050. The molecule has 0 saturated carbocycles. The van der Waals surface area contributed by atoms with Gasteiger partial charge in [-0.15, -0.1) is 0 Å². The third-order valence-corrected chi connectivity index (χ3v) is 5.66. The van der Waals surface area contributed by atoms with Crippen LogP contribution in [0.5, 0.6) is 0 Å². The van der Waals surface area contributed by atoms with Gasteiger partial charge in [-0.25, -0.2) is 4.79 Å². The van der Waals surface area contributed by atoms with Gasteiger partial charge in [-0.3, -0.25) is 0 Å². The molecule has 3 heteroatoms. The molecule has 148 valence electrons. The molecule has 0 heterocycles. The van der Waals surface area contributed by atoms with E-state index in [1.54, 1.807) is 0 Å². The molecule has 3 aromatic carbocycles. The van der Waals surface area contributed by atoms with Gasteiger partial charge in [0.1, 0.15) is 0 Å². The SMILES string of the molecule is CCCCCCC(Cc1ccc2c3c(cccc13)-c1ccccc1-2)=NOC(C)=O. The normalized spacial score (nSPS) is 12.3. The van der Waals surface area contributed by atoms with Crippen LogP contribution in [0.25, 0.3) is 33.0 Å². The van der Waals surface area contributed by atoms with Crippen molar-refractivity contribution < 1.29 is 9.63 Å². The Hall–Kier alpha value is -2.94. The van der Waals surface area contributed by atoms with E-state index in [0.717, 1.165) is 18.6 Å². The van der Waals surface area contributed by atoms with E-state index >= 15 is 0 Å². The number of unbranched alkanes of at least 4 members (excludes halogenated alkanes) is 3. The summed E-state index contributed by atoms with van der Waals surface area (Å²) >= 11 is 0. The van der Waals surface area contributed by atoms with Gasteiger partial charge in [0.25, 0.3) is 0 Å². The van der Waals surface area contributed by atoms with Crippen LogP contribution < -0.4 is 0 Å². The van der Waals surface area contributed by atoms with E-state index in [2.05, 4.69) is 66.7 Å². The van der Waals surface area contributed by atoms with Crippen molar-refractivity contribution in [2.75, 3.05) is 0 Å². The summed E-state index contributed by atoms with van der Waals surface area (Å²) in [5.41, 5.74) is 7.39. The van der Waals surface area contributed by atoms with Crippen LogP contribution in [0.3, 0.4) is 0 Å². The van der Waals surface area contributed by atoms with Gasteiger partial charge >= 0.3 is 5.97 Å². The molecule has 1 aliphatic rings. The fraction of sp³-hybridized carbons (Fsp3) is 0.308. The number of oxime groups is 1. The Morgan fingerprint density at radius 2 is 1.59 bits per heavy atom. The Morgan fingerprint density at radius 3 is 2.31 bits per heavy atom. The van der Waals surface area contributed by atoms with Crippen molar-refractivity contribution in [2.24, 2.45) is 5.16 Å². The Morgan fingerprint density at radius 1 is 0.862 bits per heavy atom. The monoisotopic (exact) mass is 385 g/mol. The second-order valence-corrected chi connectivity index (χ2v) is 7.77. The maximum Gasteiger partial charge on any atom is 0.331 e. The van der Waals surface area contributed by atoms with E-state index < -0.39 is 0 Å². The topological polar surface area (TPSA) is 38.7 Å². The van der Waals surface area contributed by atoms with E-state index in [1.807, 2.05) is 0 Å². The first-order valence-electron chi connectivity index (χ1n) is 10.6. The van der Waals surface area contributed by atoms with E-state index in [4.69, 9.17) is 4.84 Å². The number of hydrogen-bond donors (Lipinski definition) is 0. The van der Waals surface area contributed by atoms with Gasteiger partial charge in [0, 0.05) is 13.3 Å². The van der Waals surface area contributed by atoms with Crippen LogP contribution in [0.15, 0.2) is 59.8 Å². The van der Waals surface area contributed by atoms with Gasteiger partial charge in [-0.2, -0.15) is 0 Å². The van der Waals surface area contributed by atoms with Gasteiger partial charge in [-0.1, -0.05) is 85.9 Å². The highest BCUT2D eigenvalue weighted by Crippen LogP contribution is 2.47. The zero-order chi connectivity index (χ0) is 20.2. The van der Waals surface area contributed by atoms with Crippen molar-refractivity contribution in [3.8, 4) is 22.3 Å². The van der Waals surface area contributed by atoms with Crippen LogP contribution in [0.4, 0.5) is 0 Å². The molecular weight excluding hydrogens is 358 g/mol. The molecule has 0 radical (unpaired) electrons. The predicted molar refractivity (Wildman–Crippen MR) is 120 cm³/mol. The van der Waals surface area contributed by atoms with E-state index in [-0.39, 0.29) is 5.97 Å². The van der Waals surface area contributed by atoms with Crippen LogP contribution >= 0.6 is 0 Å². The first-order chi connectivity index (χ1) is 14.2. The molecule has 0 aliphatic heterocycles. The minimum Gasteiger partial charge on any atom is -0.319 e. The molecule has 3 nitrogen and oxygen atoms in total. The zero-order valence-electron chi connectivity index (χ0n) is 17.2. The van der Waals surface area contributed by atoms with Gasteiger partial charge in [0.05, 0.1) is 5.71 Å². The van der Waals surface area contributed by atoms with E-state index in [0.29, 0.717) is 6.42 Å². The first-order valence-corrected chi connectivity index (χ1v) is 10.6. The number of nitrogens with zero attached hydrogens (tertiary/aromatic N) is 1. The fourth-order valence-electron chi connectivity index (χ4n) is 4.29. The van der Waals surface area contributed by atoms with E-state index in [1.165, 1.54) is 64.8 Å². The van der Waals surface area contributed by atoms with Crippen molar-refractivity contribution in [1.82, 2.24) is 0 Å². The quantitative estimate of drug-likeness (QED) is 0.143. The van der Waals surface area contributed by atoms with Crippen molar-refractivity contribution in [3.05, 3.63) is 60.2 Å². The van der Waals surface area contributed by atoms with Gasteiger partial charge in [0.15, 0.2) is 0 Å². The number of hydrogen-bond acceptors (Lipinski definition) is 3. The smallest absolute Gasteiger partial charge is 0.319 e. The summed E-state index contributed by atoms with van der Waals surface area (Å²) in [4.78, 5) is 16.3. The summed E-state index contributed by atoms with van der Waals surface area (Å²) in [5, 5.41) is 6.78. The molecule has 0 saturated heterocycles. The summed E-state index contributed by atoms with van der Waals surface area (Å²) < 4.78 is 0. The van der Waals surface area contributed by atoms with Crippen molar-refractivity contribution in [3.63, 3.8) is 0 Å². The molecule has 0 aromatic heterocycles. The first kappa shape index (κ1) is 19.4. The summed E-state index contributed by atoms with van der Waals surface area (Å²) in [6.45, 7) is 3.60. The molecule has 0 bridgehead atoms. The molecule has 0 atom stereocenters. The highest BCUT2D eigenvalue weighted by Gasteiger charge is 2.22. The lowest BCUT2D eigenvalue weighted by Gasteiger charge is -2.11. The second kappa shape index (κ2) is 8.60. The Balaban J connectivity index is 1.68. The van der Waals surface area contributed by atoms with E-state index in [9.17, 15) is 4.79 Å². The number of benzene rings is 3. The highest BCUT2D eigenvalue weighted by molar-refractivity contribution is 6.16.